The molecule has 0 atom stereocenters. The van der Waals surface area contributed by atoms with Crippen LogP contribution in [0.15, 0.2) is 18.2 Å². The maximum absolute atomic E-state index is 6.09. The molecular weight excluding hydrogens is 234 g/mol. The van der Waals surface area contributed by atoms with Crippen molar-refractivity contribution in [2.24, 2.45) is 5.41 Å². The molecule has 19 heavy (non-hydrogen) atoms. The Balaban J connectivity index is 1.63. The van der Waals surface area contributed by atoms with Crippen LogP contribution in [0.5, 0.6) is 5.75 Å². The van der Waals surface area contributed by atoms with Gasteiger partial charge in [0.1, 0.15) is 5.75 Å². The molecule has 0 radical (unpaired) electrons. The maximum Gasteiger partial charge on any atom is 0.119 e. The zero-order valence-electron chi connectivity index (χ0n) is 12.0. The lowest BCUT2D eigenvalue weighted by atomic mass is 9.76. The van der Waals surface area contributed by atoms with Gasteiger partial charge in [0.15, 0.2) is 0 Å². The highest BCUT2D eigenvalue weighted by atomic mass is 16.5. The first-order valence-corrected chi connectivity index (χ1v) is 7.75. The van der Waals surface area contributed by atoms with Crippen LogP contribution in [-0.2, 0) is 6.42 Å². The van der Waals surface area contributed by atoms with Crippen LogP contribution >= 0.6 is 0 Å². The number of anilines is 1. The SMILES string of the molecule is CC1(COc2ccc3c(c2)CCCN3)CCCCC1. The molecule has 0 saturated heterocycles. The van der Waals surface area contributed by atoms with Crippen molar-refractivity contribution in [2.75, 3.05) is 18.5 Å². The van der Waals surface area contributed by atoms with Gasteiger partial charge >= 0.3 is 0 Å². The summed E-state index contributed by atoms with van der Waals surface area (Å²) in [5, 5.41) is 3.45. The van der Waals surface area contributed by atoms with Gasteiger partial charge in [-0.1, -0.05) is 26.2 Å². The molecule has 1 aliphatic heterocycles. The van der Waals surface area contributed by atoms with Crippen LogP contribution in [-0.4, -0.2) is 13.2 Å². The van der Waals surface area contributed by atoms with Crippen molar-refractivity contribution in [3.8, 4) is 5.75 Å². The van der Waals surface area contributed by atoms with Crippen LogP contribution in [0.2, 0.25) is 0 Å². The minimum atomic E-state index is 0.395. The van der Waals surface area contributed by atoms with E-state index in [1.807, 2.05) is 0 Å². The second-order valence-corrected chi connectivity index (χ2v) is 6.51. The Morgan fingerprint density at radius 2 is 2.00 bits per heavy atom. The van der Waals surface area contributed by atoms with Gasteiger partial charge in [-0.05, 0) is 49.4 Å². The molecule has 104 valence electrons. The number of fused-ring (bicyclic) bond motifs is 1. The van der Waals surface area contributed by atoms with E-state index in [9.17, 15) is 0 Å². The van der Waals surface area contributed by atoms with E-state index in [1.54, 1.807) is 0 Å². The molecule has 0 spiro atoms. The number of nitrogens with one attached hydrogen (secondary N) is 1. The summed E-state index contributed by atoms with van der Waals surface area (Å²) in [4.78, 5) is 0. The molecule has 2 aliphatic rings. The average Bonchev–Trinajstić information content (AvgIpc) is 2.46. The summed E-state index contributed by atoms with van der Waals surface area (Å²) in [6, 6.07) is 6.52. The molecule has 0 aromatic heterocycles. The van der Waals surface area contributed by atoms with Crippen LogP contribution in [0.1, 0.15) is 51.0 Å². The molecular formula is C17H25NO. The van der Waals surface area contributed by atoms with Gasteiger partial charge in [-0.15, -0.1) is 0 Å². The van der Waals surface area contributed by atoms with Crippen LogP contribution < -0.4 is 10.1 Å². The summed E-state index contributed by atoms with van der Waals surface area (Å²) in [5.41, 5.74) is 3.10. The fraction of sp³-hybridized carbons (Fsp3) is 0.647. The third kappa shape index (κ3) is 3.05. The standard InChI is InChI=1S/C17H25NO/c1-17(9-3-2-4-10-17)13-19-15-7-8-16-14(12-15)6-5-11-18-16/h7-8,12,18H,2-6,9-11,13H2,1H3. The Kier molecular flexibility index (Phi) is 3.67. The molecule has 0 amide bonds. The number of hydrogen-bond acceptors (Lipinski definition) is 2. The lowest BCUT2D eigenvalue weighted by Crippen LogP contribution is -2.27. The molecule has 0 bridgehead atoms. The molecule has 3 rings (SSSR count). The fourth-order valence-electron chi connectivity index (χ4n) is 3.35. The number of rotatable bonds is 3. The Hall–Kier alpha value is -1.18. The molecule has 1 aliphatic carbocycles. The fourth-order valence-corrected chi connectivity index (χ4v) is 3.35. The van der Waals surface area contributed by atoms with Crippen molar-refractivity contribution in [1.29, 1.82) is 0 Å². The van der Waals surface area contributed by atoms with Gasteiger partial charge in [-0.25, -0.2) is 0 Å². The first kappa shape index (κ1) is 12.8. The number of ether oxygens (including phenoxy) is 1. The quantitative estimate of drug-likeness (QED) is 0.869. The van der Waals surface area contributed by atoms with Crippen molar-refractivity contribution >= 4 is 5.69 Å². The summed E-state index contributed by atoms with van der Waals surface area (Å²) in [5.74, 6) is 1.05. The zero-order valence-corrected chi connectivity index (χ0v) is 12.0. The molecule has 1 N–H and O–H groups in total. The normalized spacial score (nSPS) is 21.3. The van der Waals surface area contributed by atoms with E-state index in [0.29, 0.717) is 5.41 Å². The first-order chi connectivity index (χ1) is 9.25. The van der Waals surface area contributed by atoms with Gasteiger partial charge in [-0.3, -0.25) is 0 Å². The van der Waals surface area contributed by atoms with Crippen LogP contribution in [0.4, 0.5) is 5.69 Å². The van der Waals surface area contributed by atoms with Crippen molar-refractivity contribution in [3.63, 3.8) is 0 Å². The minimum Gasteiger partial charge on any atom is -0.493 e. The van der Waals surface area contributed by atoms with Gasteiger partial charge in [0.25, 0.3) is 0 Å². The summed E-state index contributed by atoms with van der Waals surface area (Å²) < 4.78 is 6.09. The predicted molar refractivity (Wildman–Crippen MR) is 79.9 cm³/mol. The Morgan fingerprint density at radius 1 is 1.16 bits per heavy atom. The lowest BCUT2D eigenvalue weighted by Gasteiger charge is -2.33. The van der Waals surface area contributed by atoms with Gasteiger partial charge < -0.3 is 10.1 Å². The maximum atomic E-state index is 6.09. The van der Waals surface area contributed by atoms with Crippen molar-refractivity contribution in [3.05, 3.63) is 23.8 Å². The summed E-state index contributed by atoms with van der Waals surface area (Å²) in [7, 11) is 0. The lowest BCUT2D eigenvalue weighted by molar-refractivity contribution is 0.116. The molecule has 2 nitrogen and oxygen atoms in total. The number of aryl methyl sites for hydroxylation is 1. The smallest absolute Gasteiger partial charge is 0.119 e. The molecule has 1 aromatic rings. The summed E-state index contributed by atoms with van der Waals surface area (Å²) in [6.07, 6.45) is 9.19. The van der Waals surface area contributed by atoms with Crippen molar-refractivity contribution in [2.45, 2.75) is 51.9 Å². The molecule has 1 fully saturated rings. The minimum absolute atomic E-state index is 0.395. The Morgan fingerprint density at radius 3 is 2.84 bits per heavy atom. The highest BCUT2D eigenvalue weighted by Gasteiger charge is 2.27. The molecule has 1 heterocycles. The summed E-state index contributed by atoms with van der Waals surface area (Å²) >= 11 is 0. The molecule has 1 aromatic carbocycles. The number of benzene rings is 1. The third-order valence-electron chi connectivity index (χ3n) is 4.66. The highest BCUT2D eigenvalue weighted by Crippen LogP contribution is 2.36. The van der Waals surface area contributed by atoms with Gasteiger partial charge in [0.2, 0.25) is 0 Å². The van der Waals surface area contributed by atoms with Crippen molar-refractivity contribution in [1.82, 2.24) is 0 Å². The van der Waals surface area contributed by atoms with E-state index in [1.165, 1.54) is 56.2 Å². The van der Waals surface area contributed by atoms with E-state index in [-0.39, 0.29) is 0 Å². The second-order valence-electron chi connectivity index (χ2n) is 6.51. The molecule has 0 unspecified atom stereocenters. The Bertz CT molecular complexity index is 435. The molecule has 1 saturated carbocycles. The highest BCUT2D eigenvalue weighted by molar-refractivity contribution is 5.55. The third-order valence-corrected chi connectivity index (χ3v) is 4.66. The van der Waals surface area contributed by atoms with Crippen LogP contribution in [0.25, 0.3) is 0 Å². The molecule has 2 heteroatoms. The van der Waals surface area contributed by atoms with E-state index < -0.39 is 0 Å². The zero-order chi connectivity index (χ0) is 13.1. The Labute approximate surface area is 116 Å². The van der Waals surface area contributed by atoms with E-state index in [4.69, 9.17) is 4.74 Å². The van der Waals surface area contributed by atoms with Crippen molar-refractivity contribution < 1.29 is 4.74 Å². The van der Waals surface area contributed by atoms with Gasteiger partial charge in [0, 0.05) is 17.6 Å². The van der Waals surface area contributed by atoms with Crippen LogP contribution in [0, 0.1) is 5.41 Å². The van der Waals surface area contributed by atoms with Gasteiger partial charge in [-0.2, -0.15) is 0 Å². The number of hydrogen-bond donors (Lipinski definition) is 1. The average molecular weight is 259 g/mol. The van der Waals surface area contributed by atoms with E-state index in [0.717, 1.165) is 18.9 Å². The second kappa shape index (κ2) is 5.44. The van der Waals surface area contributed by atoms with E-state index in [2.05, 4.69) is 30.4 Å². The first-order valence-electron chi connectivity index (χ1n) is 7.75. The largest absolute Gasteiger partial charge is 0.493 e. The van der Waals surface area contributed by atoms with Gasteiger partial charge in [0.05, 0.1) is 6.61 Å². The summed E-state index contributed by atoms with van der Waals surface area (Å²) in [6.45, 7) is 4.36. The predicted octanol–water partition coefficient (Wildman–Crippen LogP) is 4.39. The topological polar surface area (TPSA) is 21.3 Å². The van der Waals surface area contributed by atoms with E-state index >= 15 is 0 Å². The monoisotopic (exact) mass is 259 g/mol. The van der Waals surface area contributed by atoms with Crippen LogP contribution in [0.3, 0.4) is 0 Å².